The van der Waals surface area contributed by atoms with Gasteiger partial charge >= 0.3 is 6.18 Å². The van der Waals surface area contributed by atoms with Crippen molar-refractivity contribution in [3.8, 4) is 22.2 Å². The second-order valence-corrected chi connectivity index (χ2v) is 22.2. The summed E-state index contributed by atoms with van der Waals surface area (Å²) in [6.07, 6.45) is 2.72. The summed E-state index contributed by atoms with van der Waals surface area (Å²) in [5, 5.41) is 3.37. The minimum Gasteiger partial charge on any atom is -0.496 e. The van der Waals surface area contributed by atoms with Crippen LogP contribution in [0.2, 0.25) is 0 Å². The lowest BCUT2D eigenvalue weighted by Crippen LogP contribution is -2.47. The molecule has 2 aliphatic heterocycles. The maximum absolute atomic E-state index is 15.1. The third-order valence-corrected chi connectivity index (χ3v) is 16.9. The number of carbonyl (C=O) groups is 3. The summed E-state index contributed by atoms with van der Waals surface area (Å²) in [5.74, 6) is -1.35. The van der Waals surface area contributed by atoms with Crippen molar-refractivity contribution in [2.24, 2.45) is 17.3 Å². The molecule has 8 rings (SSSR count). The molecule has 1 N–H and O–H groups in total. The van der Waals surface area contributed by atoms with Gasteiger partial charge in [0.2, 0.25) is 21.8 Å². The van der Waals surface area contributed by atoms with Crippen molar-refractivity contribution in [1.82, 2.24) is 19.6 Å². The number of amides is 2. The Balaban J connectivity index is 1.17. The number of halogens is 3. The van der Waals surface area contributed by atoms with E-state index in [1.54, 1.807) is 27.0 Å². The van der Waals surface area contributed by atoms with Crippen LogP contribution in [0.25, 0.3) is 21.6 Å². The average Bonchev–Trinajstić information content (AvgIpc) is 4.02. The molecule has 0 unspecified atom stereocenters. The number of thiazole rings is 1. The predicted molar refractivity (Wildman–Crippen MR) is 243 cm³/mol. The van der Waals surface area contributed by atoms with Gasteiger partial charge in [0.15, 0.2) is 5.78 Å². The largest absolute Gasteiger partial charge is 0.496 e. The summed E-state index contributed by atoms with van der Waals surface area (Å²) in [6.45, 7) is 9.21. The van der Waals surface area contributed by atoms with E-state index in [0.717, 1.165) is 36.2 Å². The van der Waals surface area contributed by atoms with Gasteiger partial charge < -0.3 is 14.4 Å². The third-order valence-electron chi connectivity index (χ3n) is 13.9. The maximum atomic E-state index is 15.1. The Bertz CT molecular complexity index is 2660. The molecule has 2 amide bonds. The Kier molecular flexibility index (Phi) is 12.8. The number of benzene rings is 2. The number of nitrogens with zero attached hydrogens (tertiary/aromatic N) is 3. The van der Waals surface area contributed by atoms with Crippen LogP contribution in [0.4, 0.5) is 13.2 Å². The van der Waals surface area contributed by atoms with Gasteiger partial charge in [0.05, 0.1) is 46.6 Å². The fourth-order valence-electron chi connectivity index (χ4n) is 9.50. The smallest absolute Gasteiger partial charge is 0.416 e. The van der Waals surface area contributed by atoms with Crippen LogP contribution in [0.3, 0.4) is 0 Å². The Morgan fingerprint density at radius 3 is 2.51 bits per heavy atom. The van der Waals surface area contributed by atoms with Gasteiger partial charge in [-0.1, -0.05) is 50.5 Å². The Morgan fingerprint density at radius 2 is 1.82 bits per heavy atom. The molecule has 0 bridgehead atoms. The van der Waals surface area contributed by atoms with Crippen molar-refractivity contribution < 1.29 is 45.4 Å². The monoisotopic (exact) mass is 934 g/mol. The number of aromatic nitrogens is 2. The molecular weight excluding hydrogens is 878 g/mol. The fourth-order valence-corrected chi connectivity index (χ4v) is 11.8. The lowest BCUT2D eigenvalue weighted by molar-refractivity contribution is -0.142. The highest BCUT2D eigenvalue weighted by atomic mass is 32.2. The molecule has 65 heavy (non-hydrogen) atoms. The van der Waals surface area contributed by atoms with E-state index in [1.807, 2.05) is 42.7 Å². The summed E-state index contributed by atoms with van der Waals surface area (Å²) < 4.78 is 82.6. The van der Waals surface area contributed by atoms with Gasteiger partial charge in [-0.05, 0) is 107 Å². The van der Waals surface area contributed by atoms with E-state index in [-0.39, 0.29) is 50.0 Å². The minimum atomic E-state index is -4.58. The molecule has 4 heterocycles. The van der Waals surface area contributed by atoms with Gasteiger partial charge in [-0.25, -0.2) is 18.4 Å². The highest BCUT2D eigenvalue weighted by Crippen LogP contribution is 2.58. The van der Waals surface area contributed by atoms with Crippen LogP contribution < -0.4 is 14.2 Å². The standard InChI is InChI=1S/C49H57F3N4O7S2/c1-28(2)38-27-64-44(54-38)37-23-42(36-14-15-41(62-6)30(4)43(36)53-37)63-35-22-39-40(57)25-48(46(59)55-65(60,61)47(5)16-17-47)24-33(48)13-11-9-7-8-10-12-32(45(58)56(39)26-35)20-31-18-29(3)19-34(21-31)49(50,51)52/h11,13-15,18-19,21,23,27-28,32-33,35,39H,7-10,12,16-17,20,22,24-26H2,1-6H3,(H,55,59)/b13-11-/t32-,33-,35-,39+,48-/m1/s1. The van der Waals surface area contributed by atoms with E-state index < -0.39 is 61.7 Å². The van der Waals surface area contributed by atoms with Crippen molar-refractivity contribution in [3.05, 3.63) is 81.9 Å². The molecule has 2 aromatic carbocycles. The fraction of sp³-hybridized carbons (Fsp3) is 0.531. The first-order valence-corrected chi connectivity index (χ1v) is 24.9. The first kappa shape index (κ1) is 46.7. The average molecular weight is 935 g/mol. The second kappa shape index (κ2) is 17.8. The molecule has 16 heteroatoms. The van der Waals surface area contributed by atoms with Crippen molar-refractivity contribution in [2.45, 2.75) is 134 Å². The van der Waals surface area contributed by atoms with E-state index >= 15 is 4.79 Å². The minimum absolute atomic E-state index is 0.00828. The van der Waals surface area contributed by atoms with E-state index in [1.165, 1.54) is 16.2 Å². The normalized spacial score (nSPS) is 25.4. The highest BCUT2D eigenvalue weighted by Gasteiger charge is 2.62. The van der Waals surface area contributed by atoms with Crippen LogP contribution in [0.1, 0.15) is 119 Å². The van der Waals surface area contributed by atoms with Crippen molar-refractivity contribution in [1.29, 1.82) is 0 Å². The molecule has 3 fully saturated rings. The number of rotatable bonds is 10. The third kappa shape index (κ3) is 9.57. The van der Waals surface area contributed by atoms with E-state index in [4.69, 9.17) is 19.4 Å². The summed E-state index contributed by atoms with van der Waals surface area (Å²) in [5.41, 5.74) is 1.58. The molecule has 11 nitrogen and oxygen atoms in total. The summed E-state index contributed by atoms with van der Waals surface area (Å²) in [4.78, 5) is 55.6. The number of alkyl halides is 3. The van der Waals surface area contributed by atoms with Crippen LogP contribution in [0.5, 0.6) is 11.5 Å². The van der Waals surface area contributed by atoms with Gasteiger partial charge in [-0.3, -0.25) is 19.1 Å². The number of ether oxygens (including phenoxy) is 2. The summed E-state index contributed by atoms with van der Waals surface area (Å²) in [6, 6.07) is 8.29. The van der Waals surface area contributed by atoms with Gasteiger partial charge in [0.25, 0.3) is 0 Å². The zero-order chi connectivity index (χ0) is 46.6. The zero-order valence-corrected chi connectivity index (χ0v) is 39.4. The molecule has 1 saturated heterocycles. The molecular formula is C49H57F3N4O7S2. The van der Waals surface area contributed by atoms with Gasteiger partial charge in [-0.2, -0.15) is 13.2 Å². The SMILES string of the molecule is COc1ccc2c(O[C@@H]3C[C@H]4C(=O)C[C@]5(C(=O)NS(=O)(=O)C6(C)CC6)C[C@H]5/C=C\CCCCC[C@H](Cc5cc(C)cc(C(F)(F)F)c5)C(=O)N4C3)cc(-c3nc(C(C)C)cs3)nc2c1C. The number of methoxy groups -OCH3 is 1. The number of Topliss-reactive ketones (excluding diaryl/α,β-unsaturated/α-hetero) is 1. The topological polar surface area (TPSA) is 145 Å². The molecule has 0 spiro atoms. The first-order valence-electron chi connectivity index (χ1n) is 22.6. The summed E-state index contributed by atoms with van der Waals surface area (Å²) >= 11 is 1.46. The van der Waals surface area contributed by atoms with E-state index in [0.29, 0.717) is 76.3 Å². The van der Waals surface area contributed by atoms with E-state index in [9.17, 15) is 31.2 Å². The number of hydrogen-bond donors (Lipinski definition) is 1. The molecule has 2 saturated carbocycles. The van der Waals surface area contributed by atoms with Crippen LogP contribution in [-0.2, 0) is 37.0 Å². The van der Waals surface area contributed by atoms with Gasteiger partial charge in [0.1, 0.15) is 28.3 Å². The quantitative estimate of drug-likeness (QED) is 0.154. The Morgan fingerprint density at radius 1 is 1.05 bits per heavy atom. The number of ketones is 1. The highest BCUT2D eigenvalue weighted by molar-refractivity contribution is 7.91. The molecule has 2 aliphatic carbocycles. The van der Waals surface area contributed by atoms with E-state index in [2.05, 4.69) is 18.6 Å². The molecule has 2 aromatic heterocycles. The van der Waals surface area contributed by atoms with Crippen molar-refractivity contribution in [3.63, 3.8) is 0 Å². The van der Waals surface area contributed by atoms with Crippen molar-refractivity contribution >= 4 is 49.9 Å². The predicted octanol–water partition coefficient (Wildman–Crippen LogP) is 9.82. The number of aryl methyl sites for hydroxylation is 2. The maximum Gasteiger partial charge on any atom is 0.416 e. The van der Waals surface area contributed by atoms with Crippen LogP contribution in [-0.4, -0.2) is 71.4 Å². The molecule has 4 aliphatic rings. The molecule has 0 radical (unpaired) electrons. The lowest BCUT2D eigenvalue weighted by Gasteiger charge is -2.29. The zero-order valence-electron chi connectivity index (χ0n) is 37.7. The Hall–Kier alpha value is -4.83. The Labute approximate surface area is 382 Å². The van der Waals surface area contributed by atoms with Gasteiger partial charge in [-0.15, -0.1) is 11.3 Å². The number of carbonyl (C=O) groups excluding carboxylic acids is 3. The van der Waals surface area contributed by atoms with Crippen LogP contribution in [0, 0.1) is 31.1 Å². The number of allylic oxidation sites excluding steroid dienone is 2. The molecule has 348 valence electrons. The van der Waals surface area contributed by atoms with Crippen LogP contribution in [0.15, 0.2) is 53.9 Å². The number of fused-ring (bicyclic) bond motifs is 3. The number of pyridine rings is 1. The molecule has 4 aromatic rings. The van der Waals surface area contributed by atoms with Gasteiger partial charge in [0, 0.05) is 41.2 Å². The number of sulfonamides is 1. The first-order chi connectivity index (χ1) is 30.7. The molecule has 5 atom stereocenters. The van der Waals surface area contributed by atoms with Crippen LogP contribution >= 0.6 is 11.3 Å². The second-order valence-electron chi connectivity index (χ2n) is 19.2. The lowest BCUT2D eigenvalue weighted by atomic mass is 9.89. The number of nitrogens with one attached hydrogen (secondary N) is 1. The number of hydrogen-bond acceptors (Lipinski definition) is 10. The summed E-state index contributed by atoms with van der Waals surface area (Å²) in [7, 11) is -2.43. The van der Waals surface area contributed by atoms with Crippen molar-refractivity contribution in [2.75, 3.05) is 13.7 Å².